The molecule has 0 atom stereocenters. The lowest BCUT2D eigenvalue weighted by Gasteiger charge is -2.42. The SMILES string of the molecule is COc1cc2c(cc1Nc1ncc(Cl)c(Nc3ccccc3P(C)(C)=O)n1)C(C)(C)N(C)CC2. The van der Waals surface area contributed by atoms with Crippen LogP contribution in [0.1, 0.15) is 25.0 Å². The van der Waals surface area contributed by atoms with Crippen LogP contribution in [0.5, 0.6) is 5.75 Å². The van der Waals surface area contributed by atoms with Crippen LogP contribution in [0.2, 0.25) is 5.02 Å². The lowest BCUT2D eigenvalue weighted by Crippen LogP contribution is -2.44. The highest BCUT2D eigenvalue weighted by molar-refractivity contribution is 7.70. The molecule has 3 aromatic rings. The third-order valence-electron chi connectivity index (χ3n) is 6.48. The summed E-state index contributed by atoms with van der Waals surface area (Å²) >= 11 is 6.41. The van der Waals surface area contributed by atoms with Crippen LogP contribution < -0.4 is 20.7 Å². The third-order valence-corrected chi connectivity index (χ3v) is 8.31. The Kier molecular flexibility index (Phi) is 6.65. The van der Waals surface area contributed by atoms with Gasteiger partial charge in [-0.05, 0) is 76.0 Å². The minimum Gasteiger partial charge on any atom is -0.495 e. The van der Waals surface area contributed by atoms with Crippen LogP contribution in [0.3, 0.4) is 0 Å². The Bertz CT molecular complexity index is 1270. The van der Waals surface area contributed by atoms with Gasteiger partial charge in [-0.1, -0.05) is 23.7 Å². The number of anilines is 4. The van der Waals surface area contributed by atoms with E-state index >= 15 is 0 Å². The minimum atomic E-state index is -2.50. The molecule has 2 heterocycles. The quantitative estimate of drug-likeness (QED) is 0.427. The molecule has 0 aliphatic carbocycles. The Morgan fingerprint density at radius 1 is 1.15 bits per heavy atom. The lowest BCUT2D eigenvalue weighted by atomic mass is 9.83. The van der Waals surface area contributed by atoms with E-state index in [0.717, 1.165) is 29.7 Å². The molecule has 0 bridgehead atoms. The summed E-state index contributed by atoms with van der Waals surface area (Å²) < 4.78 is 18.4. The first kappa shape index (κ1) is 24.5. The largest absolute Gasteiger partial charge is 0.495 e. The molecule has 2 aromatic carbocycles. The molecule has 0 radical (unpaired) electrons. The number of nitrogens with one attached hydrogen (secondary N) is 2. The summed E-state index contributed by atoms with van der Waals surface area (Å²) in [6.45, 7) is 8.92. The van der Waals surface area contributed by atoms with Crippen molar-refractivity contribution in [3.8, 4) is 5.75 Å². The average Bonchev–Trinajstić information content (AvgIpc) is 2.78. The summed E-state index contributed by atoms with van der Waals surface area (Å²) in [7, 11) is 1.30. The highest BCUT2D eigenvalue weighted by atomic mass is 35.5. The zero-order valence-electron chi connectivity index (χ0n) is 20.4. The van der Waals surface area contributed by atoms with E-state index in [1.165, 1.54) is 11.1 Å². The molecule has 1 aromatic heterocycles. The summed E-state index contributed by atoms with van der Waals surface area (Å²) in [6.07, 6.45) is 2.51. The molecular weight excluding hydrogens is 469 g/mol. The zero-order valence-corrected chi connectivity index (χ0v) is 22.1. The van der Waals surface area contributed by atoms with E-state index in [-0.39, 0.29) is 5.54 Å². The normalized spacial score (nSPS) is 15.5. The van der Waals surface area contributed by atoms with Crippen molar-refractivity contribution in [3.05, 3.63) is 58.7 Å². The first-order valence-corrected chi connectivity index (χ1v) is 14.1. The van der Waals surface area contributed by atoms with Crippen molar-refractivity contribution < 1.29 is 9.30 Å². The van der Waals surface area contributed by atoms with Gasteiger partial charge in [0.25, 0.3) is 0 Å². The van der Waals surface area contributed by atoms with Gasteiger partial charge >= 0.3 is 0 Å². The number of halogens is 1. The first-order chi connectivity index (χ1) is 16.0. The van der Waals surface area contributed by atoms with E-state index in [0.29, 0.717) is 22.5 Å². The van der Waals surface area contributed by atoms with Crippen LogP contribution in [0.15, 0.2) is 42.6 Å². The second kappa shape index (κ2) is 9.21. The van der Waals surface area contributed by atoms with E-state index in [2.05, 4.69) is 58.5 Å². The molecule has 7 nitrogen and oxygen atoms in total. The lowest BCUT2D eigenvalue weighted by molar-refractivity contribution is 0.143. The minimum absolute atomic E-state index is 0.109. The van der Waals surface area contributed by atoms with Crippen LogP contribution in [-0.4, -0.2) is 48.9 Å². The topological polar surface area (TPSA) is 79.4 Å². The molecule has 34 heavy (non-hydrogen) atoms. The van der Waals surface area contributed by atoms with Crippen LogP contribution in [0, 0.1) is 0 Å². The van der Waals surface area contributed by atoms with Crippen molar-refractivity contribution in [3.63, 3.8) is 0 Å². The van der Waals surface area contributed by atoms with Crippen molar-refractivity contribution >= 4 is 47.2 Å². The van der Waals surface area contributed by atoms with Gasteiger partial charge in [-0.25, -0.2) is 4.98 Å². The van der Waals surface area contributed by atoms with Crippen LogP contribution >= 0.6 is 18.7 Å². The van der Waals surface area contributed by atoms with Gasteiger partial charge in [0.1, 0.15) is 17.9 Å². The number of rotatable bonds is 6. The molecule has 1 aliphatic heterocycles. The number of likely N-dealkylation sites (N-methyl/N-ethyl adjacent to an activating group) is 1. The van der Waals surface area contributed by atoms with E-state index in [1.807, 2.05) is 24.3 Å². The summed E-state index contributed by atoms with van der Waals surface area (Å²) in [6, 6.07) is 11.7. The smallest absolute Gasteiger partial charge is 0.229 e. The maximum Gasteiger partial charge on any atom is 0.229 e. The number of hydrogen-bond acceptors (Lipinski definition) is 7. The molecular formula is C25H31ClN5O2P. The second-order valence-electron chi connectivity index (χ2n) is 9.45. The molecule has 2 N–H and O–H groups in total. The Labute approximate surface area is 206 Å². The maximum absolute atomic E-state index is 12.7. The first-order valence-electron chi connectivity index (χ1n) is 11.1. The predicted octanol–water partition coefficient (Wildman–Crippen LogP) is 5.60. The standard InChI is InChI=1S/C25H31ClN5O2P/c1-25(2)17-14-20(21(33-4)13-16(17)11-12-31(25)3)29-24-27-15-18(26)23(30-24)28-19-9-7-8-10-22(19)34(5,6)32/h7-10,13-15H,11-12H2,1-6H3,(H2,27,28,29,30). The number of ether oxygens (including phenoxy) is 1. The molecule has 0 unspecified atom stereocenters. The summed E-state index contributed by atoms with van der Waals surface area (Å²) in [5.74, 6) is 1.54. The number of aromatic nitrogens is 2. The third kappa shape index (κ3) is 4.78. The maximum atomic E-state index is 12.7. The molecule has 0 saturated carbocycles. The molecule has 0 amide bonds. The average molecular weight is 500 g/mol. The number of nitrogens with zero attached hydrogens (tertiary/aromatic N) is 3. The van der Waals surface area contributed by atoms with Gasteiger partial charge in [0.15, 0.2) is 5.82 Å². The number of methoxy groups -OCH3 is 1. The van der Waals surface area contributed by atoms with Gasteiger partial charge in [0.2, 0.25) is 5.95 Å². The van der Waals surface area contributed by atoms with Gasteiger partial charge in [-0.3, -0.25) is 4.90 Å². The van der Waals surface area contributed by atoms with Crippen LogP contribution in [0.25, 0.3) is 0 Å². The van der Waals surface area contributed by atoms with Crippen molar-refractivity contribution in [1.29, 1.82) is 0 Å². The van der Waals surface area contributed by atoms with Gasteiger partial charge < -0.3 is 19.9 Å². The van der Waals surface area contributed by atoms with Crippen molar-refractivity contribution in [2.75, 3.05) is 44.7 Å². The van der Waals surface area contributed by atoms with Gasteiger partial charge in [0.05, 0.1) is 24.7 Å². The van der Waals surface area contributed by atoms with E-state index in [9.17, 15) is 4.57 Å². The van der Waals surface area contributed by atoms with E-state index in [4.69, 9.17) is 16.3 Å². The summed E-state index contributed by atoms with van der Waals surface area (Å²) in [5, 5.41) is 7.64. The molecule has 0 saturated heterocycles. The predicted molar refractivity (Wildman–Crippen MR) is 141 cm³/mol. The van der Waals surface area contributed by atoms with Crippen molar-refractivity contribution in [2.45, 2.75) is 25.8 Å². The second-order valence-corrected chi connectivity index (χ2v) is 13.0. The summed E-state index contributed by atoms with van der Waals surface area (Å²) in [5.41, 5.74) is 3.91. The van der Waals surface area contributed by atoms with Gasteiger partial charge in [-0.15, -0.1) is 0 Å². The Morgan fingerprint density at radius 3 is 2.59 bits per heavy atom. The van der Waals surface area contributed by atoms with Crippen molar-refractivity contribution in [2.24, 2.45) is 0 Å². The van der Waals surface area contributed by atoms with Gasteiger partial charge in [-0.2, -0.15) is 4.98 Å². The van der Waals surface area contributed by atoms with Crippen LogP contribution in [0.4, 0.5) is 23.1 Å². The Morgan fingerprint density at radius 2 is 1.88 bits per heavy atom. The molecule has 1 aliphatic rings. The Hall–Kier alpha value is -2.60. The molecule has 4 rings (SSSR count). The fraction of sp³-hybridized carbons (Fsp3) is 0.360. The fourth-order valence-electron chi connectivity index (χ4n) is 4.25. The summed E-state index contributed by atoms with van der Waals surface area (Å²) in [4.78, 5) is 11.3. The zero-order chi connectivity index (χ0) is 24.7. The highest BCUT2D eigenvalue weighted by Gasteiger charge is 2.33. The fourth-order valence-corrected chi connectivity index (χ4v) is 5.54. The van der Waals surface area contributed by atoms with E-state index < -0.39 is 7.14 Å². The molecule has 0 spiro atoms. The van der Waals surface area contributed by atoms with Crippen LogP contribution in [-0.2, 0) is 16.5 Å². The molecule has 9 heteroatoms. The van der Waals surface area contributed by atoms with E-state index in [1.54, 1.807) is 26.6 Å². The number of hydrogen-bond donors (Lipinski definition) is 2. The molecule has 0 fully saturated rings. The number of fused-ring (bicyclic) bond motifs is 1. The number of benzene rings is 2. The molecule has 180 valence electrons. The number of para-hydroxylation sites is 1. The highest BCUT2D eigenvalue weighted by Crippen LogP contribution is 2.41. The van der Waals surface area contributed by atoms with Gasteiger partial charge in [0, 0.05) is 17.4 Å². The van der Waals surface area contributed by atoms with Crippen molar-refractivity contribution in [1.82, 2.24) is 14.9 Å². The monoisotopic (exact) mass is 499 g/mol. The Balaban J connectivity index is 1.69.